The van der Waals surface area contributed by atoms with Crippen LogP contribution in [0.3, 0.4) is 0 Å². The Kier molecular flexibility index (Phi) is 7.31. The lowest BCUT2D eigenvalue weighted by Crippen LogP contribution is -2.40. The summed E-state index contributed by atoms with van der Waals surface area (Å²) in [7, 11) is 3.19. The van der Waals surface area contributed by atoms with Gasteiger partial charge in [-0.1, -0.05) is 47.7 Å². The van der Waals surface area contributed by atoms with Crippen molar-refractivity contribution in [2.24, 2.45) is 4.99 Å². The molecule has 0 bridgehead atoms. The molecule has 192 valence electrons. The van der Waals surface area contributed by atoms with Crippen molar-refractivity contribution in [2.75, 3.05) is 19.5 Å². The number of rotatable bonds is 6. The van der Waals surface area contributed by atoms with E-state index >= 15 is 0 Å². The topological polar surface area (TPSA) is 81.9 Å². The van der Waals surface area contributed by atoms with Crippen molar-refractivity contribution < 1.29 is 14.3 Å². The normalized spacial score (nSPS) is 15.1. The number of nitrogens with one attached hydrogen (secondary N) is 1. The Hall–Kier alpha value is -3.95. The van der Waals surface area contributed by atoms with Gasteiger partial charge in [-0.25, -0.2) is 4.99 Å². The fourth-order valence-corrected chi connectivity index (χ4v) is 5.99. The van der Waals surface area contributed by atoms with Crippen molar-refractivity contribution in [1.29, 1.82) is 0 Å². The van der Waals surface area contributed by atoms with Crippen LogP contribution < -0.4 is 29.7 Å². The van der Waals surface area contributed by atoms with Crippen LogP contribution in [-0.4, -0.2) is 24.7 Å². The minimum absolute atomic E-state index is 0.231. The number of allylic oxidation sites excluding steroid dienone is 1. The lowest BCUT2D eigenvalue weighted by Gasteiger charge is -2.25. The number of carbonyl (C=O) groups excluding carboxylic acids is 1. The molecule has 9 heteroatoms. The van der Waals surface area contributed by atoms with E-state index in [2.05, 4.69) is 21.2 Å². The molecule has 1 N–H and O–H groups in total. The largest absolute Gasteiger partial charge is 0.497 e. The summed E-state index contributed by atoms with van der Waals surface area (Å²) in [6.07, 6.45) is 1.82. The van der Waals surface area contributed by atoms with Crippen molar-refractivity contribution in [1.82, 2.24) is 4.57 Å². The monoisotopic (exact) mass is 589 g/mol. The second kappa shape index (κ2) is 10.8. The zero-order valence-electron chi connectivity index (χ0n) is 20.9. The van der Waals surface area contributed by atoms with Crippen LogP contribution in [0.25, 0.3) is 6.08 Å². The van der Waals surface area contributed by atoms with Crippen molar-refractivity contribution in [2.45, 2.75) is 13.0 Å². The predicted octanol–water partition coefficient (Wildman–Crippen LogP) is 4.65. The Morgan fingerprint density at radius 1 is 1.05 bits per heavy atom. The minimum atomic E-state index is -0.685. The average Bonchev–Trinajstić information content (AvgIpc) is 3.22. The molecule has 1 unspecified atom stereocenters. The van der Waals surface area contributed by atoms with E-state index in [0.29, 0.717) is 37.8 Å². The molecule has 7 nitrogen and oxygen atoms in total. The summed E-state index contributed by atoms with van der Waals surface area (Å²) in [5.41, 5.74) is 2.95. The van der Waals surface area contributed by atoms with E-state index in [-0.39, 0.29) is 11.5 Å². The van der Waals surface area contributed by atoms with E-state index in [1.807, 2.05) is 78.9 Å². The van der Waals surface area contributed by atoms with Gasteiger partial charge >= 0.3 is 0 Å². The highest BCUT2D eigenvalue weighted by Crippen LogP contribution is 2.32. The summed E-state index contributed by atoms with van der Waals surface area (Å²) in [5, 5.41) is 2.96. The fourth-order valence-electron chi connectivity index (χ4n) is 4.38. The summed E-state index contributed by atoms with van der Waals surface area (Å²) in [6.45, 7) is 1.80. The van der Waals surface area contributed by atoms with Gasteiger partial charge in [0.15, 0.2) is 4.80 Å². The van der Waals surface area contributed by atoms with Gasteiger partial charge in [-0.05, 0) is 76.5 Å². The number of para-hydroxylation sites is 1. The number of hydrogen-bond acceptors (Lipinski definition) is 6. The second-order valence-corrected chi connectivity index (χ2v) is 10.4. The van der Waals surface area contributed by atoms with Gasteiger partial charge in [0.05, 0.1) is 40.5 Å². The Labute approximate surface area is 231 Å². The zero-order valence-corrected chi connectivity index (χ0v) is 23.3. The highest BCUT2D eigenvalue weighted by atomic mass is 79.9. The first kappa shape index (κ1) is 25.7. The van der Waals surface area contributed by atoms with E-state index < -0.39 is 6.04 Å². The Balaban J connectivity index is 1.67. The molecule has 1 aliphatic rings. The number of ether oxygens (including phenoxy) is 2. The Morgan fingerprint density at radius 3 is 2.55 bits per heavy atom. The first-order valence-corrected chi connectivity index (χ1v) is 13.4. The van der Waals surface area contributed by atoms with Gasteiger partial charge in [-0.15, -0.1) is 0 Å². The van der Waals surface area contributed by atoms with Crippen LogP contribution in [0, 0.1) is 0 Å². The zero-order chi connectivity index (χ0) is 26.8. The van der Waals surface area contributed by atoms with E-state index in [4.69, 9.17) is 14.5 Å². The maximum atomic E-state index is 13.9. The Bertz CT molecular complexity index is 1740. The molecule has 5 rings (SSSR count). The number of methoxy groups -OCH3 is 2. The molecule has 0 fully saturated rings. The molecule has 0 spiro atoms. The highest BCUT2D eigenvalue weighted by Gasteiger charge is 2.32. The summed E-state index contributed by atoms with van der Waals surface area (Å²) < 4.78 is 13.7. The fraction of sp³-hybridized carbons (Fsp3) is 0.138. The summed E-state index contributed by atoms with van der Waals surface area (Å²) in [4.78, 5) is 32.7. The second-order valence-electron chi connectivity index (χ2n) is 8.57. The van der Waals surface area contributed by atoms with Crippen molar-refractivity contribution >= 4 is 44.9 Å². The van der Waals surface area contributed by atoms with Crippen LogP contribution in [0.5, 0.6) is 11.5 Å². The van der Waals surface area contributed by atoms with E-state index in [0.717, 1.165) is 15.6 Å². The highest BCUT2D eigenvalue weighted by molar-refractivity contribution is 9.10. The molecule has 3 aromatic carbocycles. The maximum absolute atomic E-state index is 13.9. The summed E-state index contributed by atoms with van der Waals surface area (Å²) in [6, 6.07) is 21.5. The lowest BCUT2D eigenvalue weighted by atomic mass is 9.95. The third kappa shape index (κ3) is 4.94. The van der Waals surface area contributed by atoms with Gasteiger partial charge < -0.3 is 14.8 Å². The summed E-state index contributed by atoms with van der Waals surface area (Å²) in [5.74, 6) is 1.01. The molecule has 38 heavy (non-hydrogen) atoms. The van der Waals surface area contributed by atoms with E-state index in [9.17, 15) is 9.59 Å². The van der Waals surface area contributed by atoms with E-state index in [1.165, 1.54) is 11.3 Å². The predicted molar refractivity (Wildman–Crippen MR) is 153 cm³/mol. The Morgan fingerprint density at radius 2 is 1.84 bits per heavy atom. The standard InChI is InChI=1S/C29H24BrN3O4S/c1-17-25(27(34)32-20-9-5-4-6-10-20)26(19-8-7-11-21(16-19)36-2)33-28(35)24(38-29(33)31-17)15-18-12-13-23(37-3)22(30)14-18/h4-16,26H,1-3H3,(H,32,34)/b24-15+. The first-order chi connectivity index (χ1) is 18.4. The van der Waals surface area contributed by atoms with Gasteiger partial charge in [0.1, 0.15) is 11.5 Å². The van der Waals surface area contributed by atoms with Gasteiger partial charge in [0.2, 0.25) is 0 Å². The van der Waals surface area contributed by atoms with Gasteiger partial charge in [-0.2, -0.15) is 0 Å². The quantitative estimate of drug-likeness (QED) is 0.355. The smallest absolute Gasteiger partial charge is 0.271 e. The number of thiazole rings is 1. The van der Waals surface area contributed by atoms with Crippen molar-refractivity contribution in [3.8, 4) is 11.5 Å². The van der Waals surface area contributed by atoms with Gasteiger partial charge in [-0.3, -0.25) is 14.2 Å². The summed E-state index contributed by atoms with van der Waals surface area (Å²) >= 11 is 4.79. The number of amides is 1. The van der Waals surface area contributed by atoms with Crippen LogP contribution >= 0.6 is 27.3 Å². The molecular formula is C29H24BrN3O4S. The maximum Gasteiger partial charge on any atom is 0.271 e. The van der Waals surface area contributed by atoms with Crippen LogP contribution in [-0.2, 0) is 4.79 Å². The van der Waals surface area contributed by atoms with Crippen molar-refractivity contribution in [3.63, 3.8) is 0 Å². The number of halogens is 1. The number of fused-ring (bicyclic) bond motifs is 1. The molecule has 1 aromatic heterocycles. The third-order valence-electron chi connectivity index (χ3n) is 6.18. The number of anilines is 1. The number of carbonyl (C=O) groups is 1. The number of benzene rings is 3. The molecule has 0 aliphatic carbocycles. The van der Waals surface area contributed by atoms with Gasteiger partial charge in [0.25, 0.3) is 11.5 Å². The van der Waals surface area contributed by atoms with Crippen LogP contribution in [0.4, 0.5) is 5.69 Å². The number of nitrogens with zero attached hydrogens (tertiary/aromatic N) is 2. The molecule has 1 amide bonds. The number of hydrogen-bond donors (Lipinski definition) is 1. The molecule has 1 aliphatic heterocycles. The lowest BCUT2D eigenvalue weighted by molar-refractivity contribution is -0.113. The van der Waals surface area contributed by atoms with Gasteiger partial charge in [0, 0.05) is 5.69 Å². The molecule has 2 heterocycles. The third-order valence-corrected chi connectivity index (χ3v) is 7.78. The molecule has 1 atom stereocenters. The van der Waals surface area contributed by atoms with Crippen LogP contribution in [0.2, 0.25) is 0 Å². The van der Waals surface area contributed by atoms with Crippen LogP contribution in [0.1, 0.15) is 24.1 Å². The molecule has 0 radical (unpaired) electrons. The minimum Gasteiger partial charge on any atom is -0.497 e. The molecule has 0 saturated heterocycles. The molecular weight excluding hydrogens is 566 g/mol. The van der Waals surface area contributed by atoms with Crippen molar-refractivity contribution in [3.05, 3.63) is 119 Å². The first-order valence-electron chi connectivity index (χ1n) is 11.8. The molecule has 0 saturated carbocycles. The SMILES string of the molecule is COc1cccc(C2C(C(=O)Nc3ccccc3)=C(C)N=c3s/c(=C/c4ccc(OC)c(Br)c4)c(=O)n32)c1. The molecule has 4 aromatic rings. The van der Waals surface area contributed by atoms with E-state index in [1.54, 1.807) is 25.7 Å². The average molecular weight is 590 g/mol. The van der Waals surface area contributed by atoms with Crippen LogP contribution in [0.15, 0.2) is 98.3 Å². The number of aromatic nitrogens is 1.